The number of hydrogen-bond donors (Lipinski definition) is 0. The Balaban J connectivity index is 1.68. The lowest BCUT2D eigenvalue weighted by atomic mass is 9.68. The van der Waals surface area contributed by atoms with E-state index in [9.17, 15) is 0 Å². The van der Waals surface area contributed by atoms with Crippen LogP contribution in [0.1, 0.15) is 33.4 Å². The molecule has 0 unspecified atom stereocenters. The highest BCUT2D eigenvalue weighted by molar-refractivity contribution is 6.12. The number of methoxy groups -OCH3 is 1. The average molecular weight is 384 g/mol. The van der Waals surface area contributed by atoms with Crippen LogP contribution < -0.4 is 4.74 Å². The molecule has 0 amide bonds. The Labute approximate surface area is 176 Å². The fourth-order valence-corrected chi connectivity index (χ4v) is 6.17. The van der Waals surface area contributed by atoms with Crippen molar-refractivity contribution < 1.29 is 4.74 Å². The van der Waals surface area contributed by atoms with Gasteiger partial charge in [-0.1, -0.05) is 78.9 Å². The van der Waals surface area contributed by atoms with Crippen LogP contribution in [0, 0.1) is 0 Å². The maximum absolute atomic E-state index is 5.63. The second kappa shape index (κ2) is 5.52. The highest BCUT2D eigenvalue weighted by Crippen LogP contribution is 2.66. The molecule has 1 heteroatoms. The number of ether oxygens (including phenoxy) is 1. The Hall–Kier alpha value is -3.58. The van der Waals surface area contributed by atoms with E-state index in [1.165, 1.54) is 55.7 Å². The SMILES string of the molecule is COc1ccc2c(c1)C1=C(c3ccccc3C1)C21c2ccccc2-c2ccccc21. The predicted octanol–water partition coefficient (Wildman–Crippen LogP) is 6.49. The van der Waals surface area contributed by atoms with Crippen molar-refractivity contribution in [3.63, 3.8) is 0 Å². The van der Waals surface area contributed by atoms with E-state index >= 15 is 0 Å². The Morgan fingerprint density at radius 1 is 0.633 bits per heavy atom. The lowest BCUT2D eigenvalue weighted by Gasteiger charge is -2.33. The Kier molecular flexibility index (Phi) is 2.99. The Morgan fingerprint density at radius 2 is 1.23 bits per heavy atom. The van der Waals surface area contributed by atoms with Gasteiger partial charge in [-0.3, -0.25) is 0 Å². The van der Waals surface area contributed by atoms with Crippen molar-refractivity contribution in [2.45, 2.75) is 11.8 Å². The summed E-state index contributed by atoms with van der Waals surface area (Å²) < 4.78 is 5.63. The monoisotopic (exact) mass is 384 g/mol. The zero-order chi connectivity index (χ0) is 19.9. The standard InChI is InChI=1S/C29H20O/c1-30-19-14-15-27-23(17-19)24-16-18-8-2-3-9-20(18)28(24)29(27)25-12-6-4-10-21(25)22-11-5-7-13-26(22)29/h2-15,17H,16H2,1H3. The topological polar surface area (TPSA) is 9.23 Å². The first kappa shape index (κ1) is 16.2. The molecule has 0 aromatic heterocycles. The lowest BCUT2D eigenvalue weighted by Crippen LogP contribution is -2.26. The Bertz CT molecular complexity index is 1360. The van der Waals surface area contributed by atoms with E-state index in [-0.39, 0.29) is 5.41 Å². The van der Waals surface area contributed by atoms with Crippen LogP contribution in [0.4, 0.5) is 0 Å². The van der Waals surface area contributed by atoms with Crippen LogP contribution in [0.25, 0.3) is 22.3 Å². The molecule has 0 fully saturated rings. The van der Waals surface area contributed by atoms with E-state index in [1.807, 2.05) is 0 Å². The highest BCUT2D eigenvalue weighted by atomic mass is 16.5. The molecule has 7 rings (SSSR count). The first-order chi connectivity index (χ1) is 14.8. The molecule has 0 saturated carbocycles. The lowest BCUT2D eigenvalue weighted by molar-refractivity contribution is 0.414. The van der Waals surface area contributed by atoms with E-state index in [0.29, 0.717) is 0 Å². The minimum absolute atomic E-state index is 0.253. The van der Waals surface area contributed by atoms with E-state index in [1.54, 1.807) is 7.11 Å². The van der Waals surface area contributed by atoms with Crippen LogP contribution in [0.15, 0.2) is 91.0 Å². The maximum atomic E-state index is 5.63. The van der Waals surface area contributed by atoms with Crippen molar-refractivity contribution in [1.82, 2.24) is 0 Å². The summed E-state index contributed by atoms with van der Waals surface area (Å²) in [7, 11) is 1.76. The third-order valence-corrected chi connectivity index (χ3v) is 7.24. The molecule has 0 radical (unpaired) electrons. The molecule has 3 aliphatic carbocycles. The van der Waals surface area contributed by atoms with Crippen LogP contribution in [0.3, 0.4) is 0 Å². The summed E-state index contributed by atoms with van der Waals surface area (Å²) in [5.41, 5.74) is 13.7. The van der Waals surface area contributed by atoms with Crippen molar-refractivity contribution in [2.24, 2.45) is 0 Å². The molecule has 0 aliphatic heterocycles. The molecule has 0 saturated heterocycles. The molecule has 0 bridgehead atoms. The van der Waals surface area contributed by atoms with Crippen LogP contribution >= 0.6 is 0 Å². The fraction of sp³-hybridized carbons (Fsp3) is 0.103. The zero-order valence-corrected chi connectivity index (χ0v) is 16.8. The van der Waals surface area contributed by atoms with Crippen molar-refractivity contribution in [3.8, 4) is 16.9 Å². The van der Waals surface area contributed by atoms with E-state index in [2.05, 4.69) is 91.0 Å². The molecule has 0 atom stereocenters. The van der Waals surface area contributed by atoms with Gasteiger partial charge in [0.15, 0.2) is 0 Å². The largest absolute Gasteiger partial charge is 0.497 e. The molecule has 0 N–H and O–H groups in total. The minimum atomic E-state index is -0.253. The highest BCUT2D eigenvalue weighted by Gasteiger charge is 2.54. The zero-order valence-electron chi connectivity index (χ0n) is 16.8. The summed E-state index contributed by atoms with van der Waals surface area (Å²) in [6, 6.07) is 33.5. The third kappa shape index (κ3) is 1.71. The van der Waals surface area contributed by atoms with Crippen molar-refractivity contribution in [3.05, 3.63) is 124 Å². The predicted molar refractivity (Wildman–Crippen MR) is 122 cm³/mol. The average Bonchev–Trinajstić information content (AvgIpc) is 3.42. The van der Waals surface area contributed by atoms with E-state index in [0.717, 1.165) is 12.2 Å². The van der Waals surface area contributed by atoms with Gasteiger partial charge in [0.2, 0.25) is 0 Å². The van der Waals surface area contributed by atoms with Gasteiger partial charge in [0.05, 0.1) is 12.5 Å². The fourth-order valence-electron chi connectivity index (χ4n) is 6.17. The summed E-state index contributed by atoms with van der Waals surface area (Å²) in [5, 5.41) is 0. The molecule has 0 heterocycles. The molecule has 1 nitrogen and oxygen atoms in total. The molecular formula is C29H20O. The molecule has 30 heavy (non-hydrogen) atoms. The summed E-state index contributed by atoms with van der Waals surface area (Å²) in [6.45, 7) is 0. The number of hydrogen-bond acceptors (Lipinski definition) is 1. The quantitative estimate of drug-likeness (QED) is 0.364. The van der Waals surface area contributed by atoms with Crippen molar-refractivity contribution >= 4 is 11.1 Å². The van der Waals surface area contributed by atoms with Gasteiger partial charge in [-0.2, -0.15) is 0 Å². The van der Waals surface area contributed by atoms with E-state index in [4.69, 9.17) is 4.74 Å². The van der Waals surface area contributed by atoms with Crippen LogP contribution in [0.2, 0.25) is 0 Å². The van der Waals surface area contributed by atoms with Crippen molar-refractivity contribution in [1.29, 1.82) is 0 Å². The van der Waals surface area contributed by atoms with Crippen LogP contribution in [-0.2, 0) is 11.8 Å². The maximum Gasteiger partial charge on any atom is 0.119 e. The van der Waals surface area contributed by atoms with Gasteiger partial charge in [-0.05, 0) is 74.2 Å². The number of rotatable bonds is 1. The first-order valence-electron chi connectivity index (χ1n) is 10.5. The summed E-state index contributed by atoms with van der Waals surface area (Å²) in [5.74, 6) is 0.924. The van der Waals surface area contributed by atoms with Gasteiger partial charge in [-0.25, -0.2) is 0 Å². The normalized spacial score (nSPS) is 16.2. The molecule has 142 valence electrons. The number of benzene rings is 4. The molecule has 1 spiro atoms. The van der Waals surface area contributed by atoms with Gasteiger partial charge in [0, 0.05) is 0 Å². The number of allylic oxidation sites excluding steroid dienone is 2. The summed E-state index contributed by atoms with van der Waals surface area (Å²) in [4.78, 5) is 0. The first-order valence-corrected chi connectivity index (χ1v) is 10.5. The van der Waals surface area contributed by atoms with E-state index < -0.39 is 0 Å². The van der Waals surface area contributed by atoms with Gasteiger partial charge in [0.25, 0.3) is 0 Å². The molecule has 4 aromatic rings. The molecular weight excluding hydrogens is 364 g/mol. The smallest absolute Gasteiger partial charge is 0.119 e. The van der Waals surface area contributed by atoms with Crippen molar-refractivity contribution in [2.75, 3.05) is 7.11 Å². The number of fused-ring (bicyclic) bond motifs is 11. The van der Waals surface area contributed by atoms with Crippen LogP contribution in [-0.4, -0.2) is 7.11 Å². The molecule has 3 aliphatic rings. The van der Waals surface area contributed by atoms with Gasteiger partial charge in [-0.15, -0.1) is 0 Å². The van der Waals surface area contributed by atoms with Gasteiger partial charge < -0.3 is 4.74 Å². The third-order valence-electron chi connectivity index (χ3n) is 7.24. The summed E-state index contributed by atoms with van der Waals surface area (Å²) in [6.07, 6.45) is 0.984. The van der Waals surface area contributed by atoms with Gasteiger partial charge in [0.1, 0.15) is 5.75 Å². The van der Waals surface area contributed by atoms with Crippen LogP contribution in [0.5, 0.6) is 5.75 Å². The molecule has 4 aromatic carbocycles. The van der Waals surface area contributed by atoms with Gasteiger partial charge >= 0.3 is 0 Å². The summed E-state index contributed by atoms with van der Waals surface area (Å²) >= 11 is 0. The minimum Gasteiger partial charge on any atom is -0.497 e. The Morgan fingerprint density at radius 3 is 1.93 bits per heavy atom. The second-order valence-electron chi connectivity index (χ2n) is 8.44. The second-order valence-corrected chi connectivity index (χ2v) is 8.44.